The van der Waals surface area contributed by atoms with Gasteiger partial charge in [0.05, 0.1) is 6.54 Å². The van der Waals surface area contributed by atoms with E-state index >= 15 is 0 Å². The number of nitrogens with one attached hydrogen (secondary N) is 2. The van der Waals surface area contributed by atoms with Crippen molar-refractivity contribution in [2.24, 2.45) is 0 Å². The summed E-state index contributed by atoms with van der Waals surface area (Å²) in [6, 6.07) is 9.57. The van der Waals surface area contributed by atoms with E-state index in [4.69, 9.17) is 0 Å². The van der Waals surface area contributed by atoms with Gasteiger partial charge in [0.1, 0.15) is 5.69 Å². The standard InChI is InChI=1S/C20H20N4O2/c1-13-18-16(4-2-5-17(18)25)23-19(13)20(26)22-15-8-6-14(7-9-15)12-24-11-3-10-21-24/h3,6-11,23H,2,4-5,12H2,1H3,(H,22,26). The number of aromatic nitrogens is 3. The average molecular weight is 348 g/mol. The Bertz CT molecular complexity index is 953. The number of rotatable bonds is 4. The molecule has 1 amide bonds. The third kappa shape index (κ3) is 3.06. The summed E-state index contributed by atoms with van der Waals surface area (Å²) in [5.74, 6) is -0.0912. The monoisotopic (exact) mass is 348 g/mol. The number of benzene rings is 1. The Labute approximate surface area is 151 Å². The van der Waals surface area contributed by atoms with Gasteiger partial charge in [-0.25, -0.2) is 0 Å². The van der Waals surface area contributed by atoms with Gasteiger partial charge < -0.3 is 10.3 Å². The maximum absolute atomic E-state index is 12.6. The molecule has 4 rings (SSSR count). The first-order valence-electron chi connectivity index (χ1n) is 8.74. The van der Waals surface area contributed by atoms with Crippen LogP contribution in [0.3, 0.4) is 0 Å². The third-order valence-electron chi connectivity index (χ3n) is 4.78. The highest BCUT2D eigenvalue weighted by Gasteiger charge is 2.26. The molecule has 2 N–H and O–H groups in total. The number of Topliss-reactive ketones (excluding diaryl/α,β-unsaturated/α-hetero) is 1. The van der Waals surface area contributed by atoms with Crippen LogP contribution in [0, 0.1) is 6.92 Å². The molecule has 0 spiro atoms. The van der Waals surface area contributed by atoms with E-state index in [2.05, 4.69) is 15.4 Å². The molecule has 0 saturated heterocycles. The summed E-state index contributed by atoms with van der Waals surface area (Å²) in [6.45, 7) is 2.52. The minimum Gasteiger partial charge on any atom is -0.354 e. The quantitative estimate of drug-likeness (QED) is 0.759. The smallest absolute Gasteiger partial charge is 0.272 e. The number of carbonyl (C=O) groups excluding carboxylic acids is 2. The first kappa shape index (κ1) is 16.3. The van der Waals surface area contributed by atoms with E-state index in [9.17, 15) is 9.59 Å². The fourth-order valence-corrected chi connectivity index (χ4v) is 3.47. The Morgan fingerprint density at radius 3 is 2.77 bits per heavy atom. The molecular formula is C20H20N4O2. The molecule has 6 nitrogen and oxygen atoms in total. The molecule has 2 aromatic heterocycles. The summed E-state index contributed by atoms with van der Waals surface area (Å²) < 4.78 is 1.84. The summed E-state index contributed by atoms with van der Waals surface area (Å²) in [5.41, 5.74) is 4.64. The Hall–Kier alpha value is -3.15. The number of nitrogens with zero attached hydrogens (tertiary/aromatic N) is 2. The Kier molecular flexibility index (Phi) is 4.16. The van der Waals surface area contributed by atoms with Crippen LogP contribution in [0.5, 0.6) is 0 Å². The fraction of sp³-hybridized carbons (Fsp3) is 0.250. The van der Waals surface area contributed by atoms with Crippen molar-refractivity contribution in [2.45, 2.75) is 32.7 Å². The van der Waals surface area contributed by atoms with E-state index in [0.717, 1.165) is 35.3 Å². The second kappa shape index (κ2) is 6.63. The molecule has 6 heteroatoms. The lowest BCUT2D eigenvalue weighted by Gasteiger charge is -2.09. The van der Waals surface area contributed by atoms with Crippen LogP contribution in [0.4, 0.5) is 5.69 Å². The van der Waals surface area contributed by atoms with Gasteiger partial charge in [-0.2, -0.15) is 5.10 Å². The maximum atomic E-state index is 12.6. The summed E-state index contributed by atoms with van der Waals surface area (Å²) >= 11 is 0. The molecule has 0 bridgehead atoms. The van der Waals surface area contributed by atoms with E-state index in [-0.39, 0.29) is 11.7 Å². The number of H-pyrrole nitrogens is 1. The van der Waals surface area contributed by atoms with Gasteiger partial charge in [-0.3, -0.25) is 14.3 Å². The number of amides is 1. The van der Waals surface area contributed by atoms with Gasteiger partial charge in [0.25, 0.3) is 5.91 Å². The molecule has 3 aromatic rings. The summed E-state index contributed by atoms with van der Waals surface area (Å²) in [4.78, 5) is 27.9. The van der Waals surface area contributed by atoms with Crippen molar-refractivity contribution in [3.8, 4) is 0 Å². The van der Waals surface area contributed by atoms with Crippen LogP contribution < -0.4 is 5.32 Å². The number of carbonyl (C=O) groups is 2. The highest BCUT2D eigenvalue weighted by atomic mass is 16.2. The van der Waals surface area contributed by atoms with Gasteiger partial charge in [0, 0.05) is 35.8 Å². The Balaban J connectivity index is 1.49. The zero-order valence-electron chi connectivity index (χ0n) is 14.6. The third-order valence-corrected chi connectivity index (χ3v) is 4.78. The second-order valence-corrected chi connectivity index (χ2v) is 6.61. The molecule has 26 heavy (non-hydrogen) atoms. The van der Waals surface area contributed by atoms with Crippen molar-refractivity contribution in [1.29, 1.82) is 0 Å². The summed E-state index contributed by atoms with van der Waals surface area (Å²) in [6.07, 6.45) is 5.87. The normalized spacial score (nSPS) is 13.5. The van der Waals surface area contributed by atoms with Gasteiger partial charge in [0.2, 0.25) is 0 Å². The zero-order valence-corrected chi connectivity index (χ0v) is 14.6. The maximum Gasteiger partial charge on any atom is 0.272 e. The lowest BCUT2D eigenvalue weighted by atomic mass is 9.94. The van der Waals surface area contributed by atoms with Gasteiger partial charge in [-0.05, 0) is 49.1 Å². The van der Waals surface area contributed by atoms with Crippen LogP contribution in [0.2, 0.25) is 0 Å². The molecule has 1 aromatic carbocycles. The molecule has 1 aliphatic rings. The van der Waals surface area contributed by atoms with E-state index in [1.54, 1.807) is 6.20 Å². The van der Waals surface area contributed by atoms with Crippen LogP contribution >= 0.6 is 0 Å². The summed E-state index contributed by atoms with van der Waals surface area (Å²) in [5, 5.41) is 7.09. The first-order valence-corrected chi connectivity index (χ1v) is 8.74. The molecule has 1 aliphatic carbocycles. The number of ketones is 1. The van der Waals surface area contributed by atoms with Crippen LogP contribution in [0.1, 0.15) is 50.5 Å². The lowest BCUT2D eigenvalue weighted by molar-refractivity contribution is 0.0971. The van der Waals surface area contributed by atoms with Crippen molar-refractivity contribution < 1.29 is 9.59 Å². The topological polar surface area (TPSA) is 79.8 Å². The fourth-order valence-electron chi connectivity index (χ4n) is 3.47. The number of aryl methyl sites for hydroxylation is 1. The van der Waals surface area contributed by atoms with Gasteiger partial charge in [-0.15, -0.1) is 0 Å². The van der Waals surface area contributed by atoms with Crippen LogP contribution in [-0.4, -0.2) is 26.5 Å². The van der Waals surface area contributed by atoms with Crippen molar-refractivity contribution >= 4 is 17.4 Å². The number of hydrogen-bond donors (Lipinski definition) is 2. The molecular weight excluding hydrogens is 328 g/mol. The van der Waals surface area contributed by atoms with Gasteiger partial charge >= 0.3 is 0 Å². The van der Waals surface area contributed by atoms with E-state index < -0.39 is 0 Å². The minimum absolute atomic E-state index is 0.127. The second-order valence-electron chi connectivity index (χ2n) is 6.61. The summed E-state index contributed by atoms with van der Waals surface area (Å²) in [7, 11) is 0. The van der Waals surface area contributed by atoms with E-state index in [1.807, 2.05) is 48.1 Å². The lowest BCUT2D eigenvalue weighted by Crippen LogP contribution is -2.14. The number of anilines is 1. The highest BCUT2D eigenvalue weighted by molar-refractivity contribution is 6.08. The van der Waals surface area contributed by atoms with Crippen LogP contribution in [-0.2, 0) is 13.0 Å². The molecule has 0 atom stereocenters. The molecule has 0 unspecified atom stereocenters. The van der Waals surface area contributed by atoms with Crippen molar-refractivity contribution in [3.05, 3.63) is 70.8 Å². The highest BCUT2D eigenvalue weighted by Crippen LogP contribution is 2.27. The molecule has 0 radical (unpaired) electrons. The van der Waals surface area contributed by atoms with Crippen molar-refractivity contribution in [1.82, 2.24) is 14.8 Å². The van der Waals surface area contributed by atoms with Gasteiger partial charge in [0.15, 0.2) is 5.78 Å². The molecule has 132 valence electrons. The average Bonchev–Trinajstić information content (AvgIpc) is 3.25. The van der Waals surface area contributed by atoms with E-state index in [1.165, 1.54) is 0 Å². The van der Waals surface area contributed by atoms with Crippen molar-refractivity contribution in [2.75, 3.05) is 5.32 Å². The SMILES string of the molecule is Cc1c(C(=O)Nc2ccc(Cn3cccn3)cc2)[nH]c2c1C(=O)CCC2. The zero-order chi connectivity index (χ0) is 18.1. The molecule has 0 saturated carbocycles. The predicted octanol–water partition coefficient (Wildman–Crippen LogP) is 3.34. The predicted molar refractivity (Wildman–Crippen MR) is 98.5 cm³/mol. The van der Waals surface area contributed by atoms with Crippen LogP contribution in [0.25, 0.3) is 0 Å². The van der Waals surface area contributed by atoms with Gasteiger partial charge in [-0.1, -0.05) is 12.1 Å². The van der Waals surface area contributed by atoms with Crippen molar-refractivity contribution in [3.63, 3.8) is 0 Å². The number of aromatic amines is 1. The Morgan fingerprint density at radius 2 is 2.08 bits per heavy atom. The number of hydrogen-bond acceptors (Lipinski definition) is 3. The van der Waals surface area contributed by atoms with Crippen LogP contribution in [0.15, 0.2) is 42.7 Å². The number of fused-ring (bicyclic) bond motifs is 1. The largest absolute Gasteiger partial charge is 0.354 e. The molecule has 2 heterocycles. The molecule has 0 fully saturated rings. The Morgan fingerprint density at radius 1 is 1.27 bits per heavy atom. The first-order chi connectivity index (χ1) is 12.6. The van der Waals surface area contributed by atoms with E-state index in [0.29, 0.717) is 24.2 Å². The molecule has 0 aliphatic heterocycles. The minimum atomic E-state index is -0.218.